The molecule has 150 valence electrons. The quantitative estimate of drug-likeness (QED) is 0.508. The number of nitrogens with zero attached hydrogens (tertiary/aromatic N) is 5. The van der Waals surface area contributed by atoms with Crippen LogP contribution in [-0.2, 0) is 6.54 Å². The first kappa shape index (κ1) is 19.1. The van der Waals surface area contributed by atoms with Crippen LogP contribution in [0, 0.1) is 0 Å². The van der Waals surface area contributed by atoms with Crippen LogP contribution >= 0.6 is 0 Å². The van der Waals surface area contributed by atoms with Crippen LogP contribution in [0.4, 0.5) is 5.69 Å². The molecule has 3 heterocycles. The normalized spacial score (nSPS) is 10.5. The van der Waals surface area contributed by atoms with Crippen LogP contribution in [0.15, 0.2) is 84.0 Å². The van der Waals surface area contributed by atoms with Gasteiger partial charge in [0.25, 0.3) is 11.5 Å². The highest BCUT2D eigenvalue weighted by molar-refractivity contribution is 6.03. The first-order valence-electron chi connectivity index (χ1n) is 9.23. The number of anilines is 1. The van der Waals surface area contributed by atoms with Gasteiger partial charge < -0.3 is 10.1 Å². The summed E-state index contributed by atoms with van der Waals surface area (Å²) in [7, 11) is 0. The van der Waals surface area contributed by atoms with Crippen molar-refractivity contribution < 1.29 is 9.53 Å². The van der Waals surface area contributed by atoms with Gasteiger partial charge in [0.1, 0.15) is 18.1 Å². The molecule has 0 saturated heterocycles. The first-order chi connectivity index (χ1) is 14.7. The van der Waals surface area contributed by atoms with Gasteiger partial charge in [-0.3, -0.25) is 9.59 Å². The standard InChI is InChI=1S/C21H18N6O3/c28-19-10-9-18(25-26(19)14-15-30-16-6-2-1-3-7-16)21(29)24-17-8-4-11-22-20(17)27-13-5-12-23-27/h1-13H,14-15H2,(H,24,29). The Hall–Kier alpha value is -4.27. The molecule has 1 aromatic carbocycles. The molecule has 1 N–H and O–H groups in total. The molecule has 9 heteroatoms. The molecular weight excluding hydrogens is 384 g/mol. The SMILES string of the molecule is O=C(Nc1cccnc1-n1cccn1)c1ccc(=O)n(CCOc2ccccc2)n1. The van der Waals surface area contributed by atoms with E-state index in [0.29, 0.717) is 17.3 Å². The third kappa shape index (κ3) is 4.41. The Balaban J connectivity index is 1.48. The van der Waals surface area contributed by atoms with E-state index in [4.69, 9.17) is 4.74 Å². The van der Waals surface area contributed by atoms with E-state index in [9.17, 15) is 9.59 Å². The first-order valence-corrected chi connectivity index (χ1v) is 9.23. The molecule has 0 atom stereocenters. The van der Waals surface area contributed by atoms with Gasteiger partial charge in [0.15, 0.2) is 5.82 Å². The summed E-state index contributed by atoms with van der Waals surface area (Å²) < 4.78 is 8.35. The monoisotopic (exact) mass is 402 g/mol. The number of carbonyl (C=O) groups excluding carboxylic acids is 1. The van der Waals surface area contributed by atoms with Crippen LogP contribution in [0.5, 0.6) is 5.75 Å². The molecular formula is C21H18N6O3. The van der Waals surface area contributed by atoms with Crippen molar-refractivity contribution in [2.24, 2.45) is 0 Å². The Kier molecular flexibility index (Phi) is 5.61. The summed E-state index contributed by atoms with van der Waals surface area (Å²) in [6.07, 6.45) is 4.95. The number of rotatable bonds is 7. The fourth-order valence-electron chi connectivity index (χ4n) is 2.75. The number of pyridine rings is 1. The van der Waals surface area contributed by atoms with Crippen molar-refractivity contribution >= 4 is 11.6 Å². The van der Waals surface area contributed by atoms with Crippen molar-refractivity contribution in [1.82, 2.24) is 24.5 Å². The molecule has 0 aliphatic heterocycles. The molecule has 0 bridgehead atoms. The minimum absolute atomic E-state index is 0.101. The zero-order chi connectivity index (χ0) is 20.8. The topological polar surface area (TPSA) is 104 Å². The minimum Gasteiger partial charge on any atom is -0.492 e. The van der Waals surface area contributed by atoms with Crippen molar-refractivity contribution in [1.29, 1.82) is 0 Å². The molecule has 3 aromatic heterocycles. The highest BCUT2D eigenvalue weighted by Crippen LogP contribution is 2.16. The second kappa shape index (κ2) is 8.82. The lowest BCUT2D eigenvalue weighted by atomic mass is 10.3. The lowest BCUT2D eigenvalue weighted by molar-refractivity contribution is 0.101. The number of hydrogen-bond acceptors (Lipinski definition) is 6. The van der Waals surface area contributed by atoms with Crippen LogP contribution in [0.1, 0.15) is 10.5 Å². The summed E-state index contributed by atoms with van der Waals surface area (Å²) in [5.74, 6) is 0.705. The number of para-hydroxylation sites is 1. The summed E-state index contributed by atoms with van der Waals surface area (Å²) in [6, 6.07) is 17.1. The van der Waals surface area contributed by atoms with Crippen molar-refractivity contribution in [3.05, 3.63) is 95.3 Å². The summed E-state index contributed by atoms with van der Waals surface area (Å²) in [4.78, 5) is 29.1. The highest BCUT2D eigenvalue weighted by atomic mass is 16.5. The summed E-state index contributed by atoms with van der Waals surface area (Å²) >= 11 is 0. The van der Waals surface area contributed by atoms with E-state index in [1.807, 2.05) is 30.3 Å². The Morgan fingerprint density at radius 3 is 2.67 bits per heavy atom. The van der Waals surface area contributed by atoms with E-state index in [1.165, 1.54) is 16.8 Å². The highest BCUT2D eigenvalue weighted by Gasteiger charge is 2.14. The number of amides is 1. The minimum atomic E-state index is -0.464. The summed E-state index contributed by atoms with van der Waals surface area (Å²) in [5.41, 5.74) is 0.254. The Morgan fingerprint density at radius 1 is 1.00 bits per heavy atom. The van der Waals surface area contributed by atoms with Crippen LogP contribution < -0.4 is 15.6 Å². The van der Waals surface area contributed by atoms with Crippen LogP contribution in [0.25, 0.3) is 5.82 Å². The molecule has 0 unspecified atom stereocenters. The number of hydrogen-bond donors (Lipinski definition) is 1. The molecule has 0 spiro atoms. The predicted molar refractivity (Wildman–Crippen MR) is 110 cm³/mol. The van der Waals surface area contributed by atoms with E-state index in [2.05, 4.69) is 20.5 Å². The average Bonchev–Trinajstić information content (AvgIpc) is 3.31. The van der Waals surface area contributed by atoms with Crippen molar-refractivity contribution in [2.75, 3.05) is 11.9 Å². The van der Waals surface area contributed by atoms with Gasteiger partial charge in [-0.1, -0.05) is 18.2 Å². The zero-order valence-corrected chi connectivity index (χ0v) is 15.9. The molecule has 1 amide bonds. The predicted octanol–water partition coefficient (Wildman–Crippen LogP) is 2.16. The lowest BCUT2D eigenvalue weighted by Crippen LogP contribution is -2.28. The van der Waals surface area contributed by atoms with E-state index in [0.717, 1.165) is 0 Å². The smallest absolute Gasteiger partial charge is 0.276 e. The molecule has 0 aliphatic rings. The molecule has 4 rings (SSSR count). The molecule has 0 radical (unpaired) electrons. The number of ether oxygens (including phenoxy) is 1. The largest absolute Gasteiger partial charge is 0.492 e. The second-order valence-electron chi connectivity index (χ2n) is 6.22. The molecule has 9 nitrogen and oxygen atoms in total. The van der Waals surface area contributed by atoms with Gasteiger partial charge >= 0.3 is 0 Å². The third-order valence-electron chi connectivity index (χ3n) is 4.17. The molecule has 0 saturated carbocycles. The maximum atomic E-state index is 12.7. The van der Waals surface area contributed by atoms with Gasteiger partial charge in [0.2, 0.25) is 0 Å². The van der Waals surface area contributed by atoms with Gasteiger partial charge in [-0.2, -0.15) is 10.2 Å². The van der Waals surface area contributed by atoms with Gasteiger partial charge in [0, 0.05) is 24.7 Å². The fraction of sp³-hybridized carbons (Fsp3) is 0.0952. The van der Waals surface area contributed by atoms with E-state index >= 15 is 0 Å². The maximum Gasteiger partial charge on any atom is 0.276 e. The number of aromatic nitrogens is 5. The number of benzene rings is 1. The van der Waals surface area contributed by atoms with Crippen molar-refractivity contribution in [2.45, 2.75) is 6.54 Å². The van der Waals surface area contributed by atoms with E-state index in [-0.39, 0.29) is 24.4 Å². The van der Waals surface area contributed by atoms with E-state index in [1.54, 1.807) is 41.5 Å². The molecule has 4 aromatic rings. The Labute approximate surface area is 171 Å². The maximum absolute atomic E-state index is 12.7. The fourth-order valence-corrected chi connectivity index (χ4v) is 2.75. The number of nitrogens with one attached hydrogen (secondary N) is 1. The molecule has 0 aliphatic carbocycles. The molecule has 0 fully saturated rings. The lowest BCUT2D eigenvalue weighted by Gasteiger charge is -2.11. The third-order valence-corrected chi connectivity index (χ3v) is 4.17. The van der Waals surface area contributed by atoms with Crippen molar-refractivity contribution in [3.63, 3.8) is 0 Å². The van der Waals surface area contributed by atoms with Gasteiger partial charge in [-0.05, 0) is 36.4 Å². The Bertz CT molecular complexity index is 1190. The van der Waals surface area contributed by atoms with E-state index < -0.39 is 5.91 Å². The van der Waals surface area contributed by atoms with Gasteiger partial charge in [-0.15, -0.1) is 0 Å². The van der Waals surface area contributed by atoms with Crippen molar-refractivity contribution in [3.8, 4) is 11.6 Å². The zero-order valence-electron chi connectivity index (χ0n) is 15.9. The van der Waals surface area contributed by atoms with Crippen LogP contribution in [-0.4, -0.2) is 37.1 Å². The Morgan fingerprint density at radius 2 is 1.87 bits per heavy atom. The van der Waals surface area contributed by atoms with Gasteiger partial charge in [0.05, 0.1) is 12.2 Å². The van der Waals surface area contributed by atoms with Crippen LogP contribution in [0.2, 0.25) is 0 Å². The van der Waals surface area contributed by atoms with Crippen LogP contribution in [0.3, 0.4) is 0 Å². The average molecular weight is 402 g/mol. The molecule has 30 heavy (non-hydrogen) atoms. The number of carbonyl (C=O) groups is 1. The summed E-state index contributed by atoms with van der Waals surface area (Å²) in [5, 5.41) is 11.1. The summed E-state index contributed by atoms with van der Waals surface area (Å²) in [6.45, 7) is 0.453. The van der Waals surface area contributed by atoms with Gasteiger partial charge in [-0.25, -0.2) is 14.3 Å². The second-order valence-corrected chi connectivity index (χ2v) is 6.22.